The normalized spacial score (nSPS) is 13.8. The number of benzene rings is 1. The summed E-state index contributed by atoms with van der Waals surface area (Å²) in [6, 6.07) is 11.2. The quantitative estimate of drug-likeness (QED) is 0.330. The Morgan fingerprint density at radius 2 is 1.95 bits per heavy atom. The number of rotatable bonds is 8. The van der Waals surface area contributed by atoms with Gasteiger partial charge in [-0.05, 0) is 38.1 Å². The average Bonchev–Trinajstić information content (AvgIpc) is 3.56. The number of ether oxygens (including phenoxy) is 3. The van der Waals surface area contributed by atoms with E-state index in [2.05, 4.69) is 26.0 Å². The maximum absolute atomic E-state index is 13.2. The fraction of sp³-hybridized carbons (Fsp3) is 0.308. The number of methoxy groups -OCH3 is 1. The number of anilines is 3. The average molecular weight is 504 g/mol. The molecule has 4 heterocycles. The second kappa shape index (κ2) is 10.4. The van der Waals surface area contributed by atoms with Crippen LogP contribution in [-0.4, -0.2) is 58.9 Å². The Morgan fingerprint density at radius 1 is 1.14 bits per heavy atom. The lowest BCUT2D eigenvalue weighted by atomic mass is 10.1. The summed E-state index contributed by atoms with van der Waals surface area (Å²) in [6.45, 7) is 4.94. The van der Waals surface area contributed by atoms with E-state index in [9.17, 15) is 4.79 Å². The third-order valence-corrected chi connectivity index (χ3v) is 5.85. The van der Waals surface area contributed by atoms with Crippen LogP contribution in [0.5, 0.6) is 5.75 Å². The predicted molar refractivity (Wildman–Crippen MR) is 139 cm³/mol. The van der Waals surface area contributed by atoms with Crippen LogP contribution in [-0.2, 0) is 9.47 Å². The van der Waals surface area contributed by atoms with Crippen LogP contribution in [0.15, 0.2) is 48.8 Å². The Kier molecular flexibility index (Phi) is 6.89. The zero-order chi connectivity index (χ0) is 25.9. The van der Waals surface area contributed by atoms with Gasteiger partial charge in [0.05, 0.1) is 43.6 Å². The predicted octanol–water partition coefficient (Wildman–Crippen LogP) is 3.77. The molecule has 37 heavy (non-hydrogen) atoms. The Labute approximate surface area is 214 Å². The van der Waals surface area contributed by atoms with Crippen LogP contribution < -0.4 is 20.7 Å². The second-order valence-electron chi connectivity index (χ2n) is 8.73. The molecule has 1 aliphatic heterocycles. The van der Waals surface area contributed by atoms with Gasteiger partial charge in [-0.25, -0.2) is 9.50 Å². The van der Waals surface area contributed by atoms with Gasteiger partial charge in [0, 0.05) is 30.4 Å². The molecule has 0 spiro atoms. The number of fused-ring (bicyclic) bond motifs is 1. The number of hydrogen-bond donors (Lipinski definition) is 3. The number of para-hydroxylation sites is 1. The van der Waals surface area contributed by atoms with Gasteiger partial charge in [-0.15, -0.1) is 0 Å². The highest BCUT2D eigenvalue weighted by molar-refractivity contribution is 6.00. The number of nitrogens with one attached hydrogen (secondary N) is 3. The number of imidazole rings is 1. The number of hydrogen-bond acceptors (Lipinski definition) is 9. The van der Waals surface area contributed by atoms with Crippen LogP contribution >= 0.6 is 0 Å². The van der Waals surface area contributed by atoms with Crippen molar-refractivity contribution < 1.29 is 19.0 Å². The molecule has 11 heteroatoms. The van der Waals surface area contributed by atoms with Crippen LogP contribution in [0.1, 0.15) is 36.2 Å². The van der Waals surface area contributed by atoms with Crippen LogP contribution in [0, 0.1) is 0 Å². The summed E-state index contributed by atoms with van der Waals surface area (Å²) in [5.74, 6) is 0.613. The van der Waals surface area contributed by atoms with Crippen molar-refractivity contribution in [1.29, 1.82) is 0 Å². The highest BCUT2D eigenvalue weighted by Gasteiger charge is 2.24. The van der Waals surface area contributed by atoms with E-state index in [4.69, 9.17) is 19.2 Å². The van der Waals surface area contributed by atoms with Crippen LogP contribution in [0.4, 0.5) is 17.2 Å². The van der Waals surface area contributed by atoms with E-state index in [0.717, 1.165) is 16.8 Å². The fourth-order valence-corrected chi connectivity index (χ4v) is 4.20. The molecular weight excluding hydrogens is 474 g/mol. The molecule has 0 radical (unpaired) electrons. The molecule has 3 N–H and O–H groups in total. The molecule has 4 aromatic rings. The first-order valence-corrected chi connectivity index (χ1v) is 12.0. The van der Waals surface area contributed by atoms with Gasteiger partial charge in [0.15, 0.2) is 29.2 Å². The molecule has 5 rings (SSSR count). The second-order valence-corrected chi connectivity index (χ2v) is 8.73. The third-order valence-electron chi connectivity index (χ3n) is 5.85. The summed E-state index contributed by atoms with van der Waals surface area (Å²) in [5, 5.41) is 13.7. The van der Waals surface area contributed by atoms with E-state index in [1.807, 2.05) is 44.2 Å². The summed E-state index contributed by atoms with van der Waals surface area (Å²) >= 11 is 0. The molecular formula is C26H29N7O4. The molecule has 1 fully saturated rings. The van der Waals surface area contributed by atoms with Crippen molar-refractivity contribution in [2.24, 2.45) is 0 Å². The summed E-state index contributed by atoms with van der Waals surface area (Å²) in [7, 11) is 3.38. The number of pyridine rings is 1. The van der Waals surface area contributed by atoms with Crippen LogP contribution in [0.2, 0.25) is 0 Å². The maximum Gasteiger partial charge on any atom is 0.274 e. The molecule has 1 amide bonds. The van der Waals surface area contributed by atoms with Gasteiger partial charge in [-0.3, -0.25) is 9.78 Å². The molecule has 192 valence electrons. The first-order chi connectivity index (χ1) is 18.0. The summed E-state index contributed by atoms with van der Waals surface area (Å²) in [4.78, 5) is 22.5. The highest BCUT2D eigenvalue weighted by Crippen LogP contribution is 2.38. The molecule has 1 saturated heterocycles. The Morgan fingerprint density at radius 3 is 2.62 bits per heavy atom. The zero-order valence-electron chi connectivity index (χ0n) is 21.1. The number of nitrogens with zero attached hydrogens (tertiary/aromatic N) is 4. The minimum absolute atomic E-state index is 0.0645. The minimum atomic E-state index is -0.391. The fourth-order valence-electron chi connectivity index (χ4n) is 4.20. The lowest BCUT2D eigenvalue weighted by molar-refractivity contribution is -0.0443. The van der Waals surface area contributed by atoms with E-state index >= 15 is 0 Å². The monoisotopic (exact) mass is 503 g/mol. The van der Waals surface area contributed by atoms with Gasteiger partial charge < -0.3 is 30.2 Å². The van der Waals surface area contributed by atoms with Crippen molar-refractivity contribution in [2.75, 3.05) is 38.0 Å². The molecule has 1 aromatic carbocycles. The van der Waals surface area contributed by atoms with E-state index in [1.54, 1.807) is 32.6 Å². The molecule has 0 unspecified atom stereocenters. The largest absolute Gasteiger partial charge is 0.494 e. The minimum Gasteiger partial charge on any atom is -0.494 e. The van der Waals surface area contributed by atoms with Gasteiger partial charge >= 0.3 is 0 Å². The van der Waals surface area contributed by atoms with E-state index in [1.165, 1.54) is 4.52 Å². The van der Waals surface area contributed by atoms with Crippen molar-refractivity contribution in [3.8, 4) is 17.0 Å². The highest BCUT2D eigenvalue weighted by atomic mass is 16.7. The summed E-state index contributed by atoms with van der Waals surface area (Å²) in [6.07, 6.45) is 2.97. The first-order valence-electron chi connectivity index (χ1n) is 12.0. The van der Waals surface area contributed by atoms with Crippen LogP contribution in [0.25, 0.3) is 16.9 Å². The standard InChI is InChI=1S/C26H29N7O4/c1-15(2)30-25(34)21-23(32-24-20(27-3)10-11-29-33(21)24)31-19-7-5-6-17(22(19)35-4)18-9-8-16(14-28-18)26-36-12-13-37-26/h5-11,14-15,26-27,31H,12-13H2,1-4H3,(H,30,34). The van der Waals surface area contributed by atoms with Crippen molar-refractivity contribution in [3.05, 3.63) is 60.0 Å². The molecule has 0 atom stereocenters. The number of aromatic nitrogens is 4. The van der Waals surface area contributed by atoms with E-state index in [0.29, 0.717) is 41.8 Å². The first kappa shape index (κ1) is 24.5. The molecule has 0 aliphatic carbocycles. The van der Waals surface area contributed by atoms with Gasteiger partial charge in [0.2, 0.25) is 0 Å². The topological polar surface area (TPSA) is 124 Å². The lowest BCUT2D eigenvalue weighted by Crippen LogP contribution is -2.31. The molecule has 0 bridgehead atoms. The van der Waals surface area contributed by atoms with Crippen LogP contribution in [0.3, 0.4) is 0 Å². The number of amides is 1. The summed E-state index contributed by atoms with van der Waals surface area (Å²) < 4.78 is 18.5. The van der Waals surface area contributed by atoms with E-state index < -0.39 is 6.29 Å². The van der Waals surface area contributed by atoms with E-state index in [-0.39, 0.29) is 17.6 Å². The number of carbonyl (C=O) groups excluding carboxylic acids is 1. The molecule has 0 saturated carbocycles. The lowest BCUT2D eigenvalue weighted by Gasteiger charge is -2.15. The molecule has 11 nitrogen and oxygen atoms in total. The Bertz CT molecular complexity index is 1410. The van der Waals surface area contributed by atoms with Gasteiger partial charge in [-0.2, -0.15) is 5.10 Å². The SMILES string of the molecule is CNc1ccnn2c(C(=O)NC(C)C)c(Nc3cccc(-c4ccc(C5OCCO5)cn4)c3OC)nc12. The van der Waals surface area contributed by atoms with Crippen molar-refractivity contribution in [2.45, 2.75) is 26.2 Å². The molecule has 1 aliphatic rings. The zero-order valence-corrected chi connectivity index (χ0v) is 21.1. The van der Waals surface area contributed by atoms with Crippen molar-refractivity contribution in [1.82, 2.24) is 24.9 Å². The van der Waals surface area contributed by atoms with Crippen molar-refractivity contribution in [3.63, 3.8) is 0 Å². The van der Waals surface area contributed by atoms with Gasteiger partial charge in [-0.1, -0.05) is 12.1 Å². The number of carbonyl (C=O) groups is 1. The Hall–Kier alpha value is -4.22. The smallest absolute Gasteiger partial charge is 0.274 e. The third kappa shape index (κ3) is 4.78. The van der Waals surface area contributed by atoms with Gasteiger partial charge in [0.25, 0.3) is 5.91 Å². The van der Waals surface area contributed by atoms with Gasteiger partial charge in [0.1, 0.15) is 0 Å². The Balaban J connectivity index is 1.54. The summed E-state index contributed by atoms with van der Waals surface area (Å²) in [5.41, 5.74) is 4.51. The molecule has 3 aromatic heterocycles. The van der Waals surface area contributed by atoms with Crippen molar-refractivity contribution >= 4 is 28.7 Å². The maximum atomic E-state index is 13.2.